The molecule has 1 heterocycles. The molecule has 1 aliphatic rings. The van der Waals surface area contributed by atoms with Gasteiger partial charge in [-0.3, -0.25) is 18.9 Å². The first kappa shape index (κ1) is 58.3. The molecule has 372 valence electrons. The predicted molar refractivity (Wildman–Crippen MR) is 257 cm³/mol. The minimum Gasteiger partial charge on any atom is -0.756 e. The second-order valence-electron chi connectivity index (χ2n) is 19.1. The van der Waals surface area contributed by atoms with Crippen molar-refractivity contribution in [3.8, 4) is 0 Å². The van der Waals surface area contributed by atoms with Gasteiger partial charge in [0.15, 0.2) is 11.9 Å². The molecule has 1 aromatic heterocycles. The van der Waals surface area contributed by atoms with Crippen LogP contribution in [0.1, 0.15) is 178 Å². The Morgan fingerprint density at radius 3 is 2.02 bits per heavy atom. The molecule has 0 radical (unpaired) electrons. The third-order valence-corrected chi connectivity index (χ3v) is 13.1. The number of carbonyl (C=O) groups excluding carboxylic acids is 3. The van der Waals surface area contributed by atoms with Gasteiger partial charge in [0.05, 0.1) is 33.9 Å². The van der Waals surface area contributed by atoms with Crippen LogP contribution in [0.4, 0.5) is 0 Å². The quantitative estimate of drug-likeness (QED) is 0.0220. The summed E-state index contributed by atoms with van der Waals surface area (Å²) < 4.78 is 40.2. The Kier molecular flexibility index (Phi) is 30.1. The van der Waals surface area contributed by atoms with Crippen molar-refractivity contribution in [2.75, 3.05) is 47.5 Å². The zero-order valence-electron chi connectivity index (χ0n) is 41.5. The van der Waals surface area contributed by atoms with Gasteiger partial charge in [0.1, 0.15) is 31.3 Å². The van der Waals surface area contributed by atoms with E-state index < -0.39 is 38.6 Å². The fraction of sp³-hybridized carbons (Fsp3) is 0.750. The number of aryl methyl sites for hydroxylation is 2. The molecular formula is C52H88NO11P. The number of quaternary nitrogens is 1. The van der Waals surface area contributed by atoms with Crippen LogP contribution in [0.2, 0.25) is 0 Å². The third kappa shape index (κ3) is 27.5. The first-order valence-electron chi connectivity index (χ1n) is 25.1. The number of esters is 2. The van der Waals surface area contributed by atoms with E-state index in [0.717, 1.165) is 57.8 Å². The van der Waals surface area contributed by atoms with Gasteiger partial charge < -0.3 is 37.4 Å². The predicted octanol–water partition coefficient (Wildman–Crippen LogP) is 11.1. The van der Waals surface area contributed by atoms with Crippen LogP contribution in [0.25, 0.3) is 0 Å². The number of unbranched alkanes of at least 4 members (excludes halogenated alkanes) is 14. The van der Waals surface area contributed by atoms with E-state index in [2.05, 4.69) is 27.7 Å². The molecule has 2 rings (SSSR count). The minimum absolute atomic E-state index is 0.0115. The summed E-state index contributed by atoms with van der Waals surface area (Å²) in [5, 5.41) is 10.3. The van der Waals surface area contributed by atoms with Gasteiger partial charge in [-0.2, -0.15) is 0 Å². The number of ether oxygens (including phenoxy) is 2. The Hall–Kier alpha value is -2.86. The van der Waals surface area contributed by atoms with Crippen LogP contribution in [-0.4, -0.2) is 87.0 Å². The van der Waals surface area contributed by atoms with E-state index in [1.165, 1.54) is 74.0 Å². The number of nitrogens with zero attached hydrogens (tertiary/aromatic N) is 1. The zero-order valence-corrected chi connectivity index (χ0v) is 42.4. The summed E-state index contributed by atoms with van der Waals surface area (Å²) in [5.41, 5.74) is 2.67. The highest BCUT2D eigenvalue weighted by Gasteiger charge is 2.27. The maximum atomic E-state index is 12.8. The molecule has 0 aromatic carbocycles. The Morgan fingerprint density at radius 1 is 0.800 bits per heavy atom. The van der Waals surface area contributed by atoms with Crippen molar-refractivity contribution in [1.82, 2.24) is 0 Å². The fourth-order valence-electron chi connectivity index (χ4n) is 7.77. The molecule has 1 N–H and O–H groups in total. The largest absolute Gasteiger partial charge is 0.756 e. The number of furan rings is 1. The molecule has 0 spiro atoms. The van der Waals surface area contributed by atoms with Crippen LogP contribution < -0.4 is 4.89 Å². The van der Waals surface area contributed by atoms with E-state index in [9.17, 15) is 28.9 Å². The molecule has 0 amide bonds. The van der Waals surface area contributed by atoms with Crippen molar-refractivity contribution in [3.63, 3.8) is 0 Å². The average Bonchev–Trinajstić information content (AvgIpc) is 3.74. The fourth-order valence-corrected chi connectivity index (χ4v) is 8.49. The van der Waals surface area contributed by atoms with Gasteiger partial charge in [-0.15, -0.1) is 0 Å². The number of phosphoric ester groups is 1. The summed E-state index contributed by atoms with van der Waals surface area (Å²) in [6.45, 7) is 8.23. The highest BCUT2D eigenvalue weighted by molar-refractivity contribution is 7.45. The number of phosphoric acid groups is 1. The monoisotopic (exact) mass is 934 g/mol. The lowest BCUT2D eigenvalue weighted by Crippen LogP contribution is -2.37. The number of hydrogen-bond acceptors (Lipinski definition) is 11. The van der Waals surface area contributed by atoms with Gasteiger partial charge in [0.2, 0.25) is 0 Å². The molecule has 1 aliphatic carbocycles. The molecule has 0 aliphatic heterocycles. The topological polar surface area (TPSA) is 162 Å². The van der Waals surface area contributed by atoms with Crippen LogP contribution in [0, 0.1) is 25.7 Å². The van der Waals surface area contributed by atoms with Crippen LogP contribution in [0.3, 0.4) is 0 Å². The lowest BCUT2D eigenvalue weighted by atomic mass is 9.90. The second-order valence-corrected chi connectivity index (χ2v) is 20.5. The highest BCUT2D eigenvalue weighted by atomic mass is 31.2. The Morgan fingerprint density at radius 2 is 1.38 bits per heavy atom. The standard InChI is InChI=1S/C52H88NO11P/c1-8-10-22-29-45(54)35-36-47-44(34-37-48(47)55)28-24-20-21-27-33-52(57)63-46(41-62-65(58,59)61-39-38-53(5,6)7)40-60-51(56)32-26-19-17-15-13-12-14-16-18-25-31-50-43(4)42(3)49(64-50)30-23-11-9-2/h20,24,34-37,44-47,54H,8-19,21-23,25-33,38-41H2,1-7H3/b24-20-,36-35+/t44-,45-,46+,47+/m0/s1. The van der Waals surface area contributed by atoms with Gasteiger partial charge >= 0.3 is 11.9 Å². The first-order chi connectivity index (χ1) is 31.0. The van der Waals surface area contributed by atoms with E-state index in [-0.39, 0.29) is 43.7 Å². The van der Waals surface area contributed by atoms with Gasteiger partial charge in [-0.05, 0) is 81.9 Å². The van der Waals surface area contributed by atoms with Gasteiger partial charge in [0.25, 0.3) is 7.82 Å². The molecule has 12 nitrogen and oxygen atoms in total. The molecular weight excluding hydrogens is 846 g/mol. The summed E-state index contributed by atoms with van der Waals surface area (Å²) in [4.78, 5) is 50.4. The third-order valence-electron chi connectivity index (χ3n) is 12.1. The van der Waals surface area contributed by atoms with Gasteiger partial charge in [-0.25, -0.2) is 0 Å². The maximum Gasteiger partial charge on any atom is 0.306 e. The number of hydrogen-bond donors (Lipinski definition) is 1. The van der Waals surface area contributed by atoms with Crippen molar-refractivity contribution in [2.24, 2.45) is 11.8 Å². The molecule has 0 saturated heterocycles. The number of aliphatic hydroxyl groups excluding tert-OH is 1. The van der Waals surface area contributed by atoms with Crippen LogP contribution >= 0.6 is 7.82 Å². The Labute approximate surface area is 393 Å². The number of carbonyl (C=O) groups is 3. The van der Waals surface area contributed by atoms with Crippen molar-refractivity contribution >= 4 is 25.5 Å². The van der Waals surface area contributed by atoms with E-state index in [1.807, 2.05) is 45.4 Å². The maximum absolute atomic E-state index is 12.8. The number of allylic oxidation sites excluding steroid dienone is 5. The Balaban J connectivity index is 1.69. The normalized spacial score (nSPS) is 17.3. The van der Waals surface area contributed by atoms with Crippen molar-refractivity contribution in [1.29, 1.82) is 0 Å². The van der Waals surface area contributed by atoms with Crippen LogP contribution in [0.15, 0.2) is 40.9 Å². The van der Waals surface area contributed by atoms with E-state index in [1.54, 1.807) is 12.2 Å². The Bertz CT molecular complexity index is 1630. The van der Waals surface area contributed by atoms with E-state index in [4.69, 9.17) is 22.9 Å². The summed E-state index contributed by atoms with van der Waals surface area (Å²) >= 11 is 0. The van der Waals surface area contributed by atoms with Gasteiger partial charge in [0, 0.05) is 31.6 Å². The lowest BCUT2D eigenvalue weighted by Gasteiger charge is -2.28. The van der Waals surface area contributed by atoms with Crippen LogP contribution in [-0.2, 0) is 50.3 Å². The number of aliphatic hydroxyl groups is 1. The summed E-state index contributed by atoms with van der Waals surface area (Å²) in [5.74, 6) is 1.11. The first-order valence-corrected chi connectivity index (χ1v) is 26.6. The molecule has 0 fully saturated rings. The lowest BCUT2D eigenvalue weighted by molar-refractivity contribution is -0.870. The van der Waals surface area contributed by atoms with Crippen molar-refractivity contribution < 1.29 is 56.4 Å². The van der Waals surface area contributed by atoms with E-state index in [0.29, 0.717) is 43.1 Å². The van der Waals surface area contributed by atoms with Gasteiger partial charge in [-0.1, -0.05) is 128 Å². The molecule has 1 unspecified atom stereocenters. The average molecular weight is 934 g/mol. The summed E-state index contributed by atoms with van der Waals surface area (Å²) in [6, 6.07) is 0. The van der Waals surface area contributed by atoms with Crippen LogP contribution in [0.5, 0.6) is 0 Å². The SMILES string of the molecule is CCCCCc1oc(CCCCCCCCCCCCC(=O)OC[C@H](COP(=O)([O-])OCC[N+](C)(C)C)OC(=O)CCC/C=C\C[C@H]2C=CC(=O)[C@@H]2/C=C/[C@@H](O)CCCCC)c(C)c1C. The van der Waals surface area contributed by atoms with Crippen molar-refractivity contribution in [2.45, 2.75) is 194 Å². The molecule has 13 heteroatoms. The zero-order chi connectivity index (χ0) is 47.9. The smallest absolute Gasteiger partial charge is 0.306 e. The number of likely N-dealkylation sites (N-methyl/N-ethyl adjacent to an activating group) is 1. The molecule has 5 atom stereocenters. The molecule has 65 heavy (non-hydrogen) atoms. The summed E-state index contributed by atoms with van der Waals surface area (Å²) in [7, 11) is 1.03. The van der Waals surface area contributed by atoms with Crippen molar-refractivity contribution in [3.05, 3.63) is 59.1 Å². The highest BCUT2D eigenvalue weighted by Crippen LogP contribution is 2.38. The molecule has 1 aromatic rings. The summed E-state index contributed by atoms with van der Waals surface area (Å²) in [6.07, 6.45) is 31.9. The molecule has 0 bridgehead atoms. The number of rotatable bonds is 39. The molecule has 0 saturated carbocycles. The minimum atomic E-state index is -4.70. The number of ketones is 1. The second kappa shape index (κ2) is 33.6. The van der Waals surface area contributed by atoms with E-state index >= 15 is 0 Å².